The van der Waals surface area contributed by atoms with Crippen molar-refractivity contribution in [2.75, 3.05) is 0 Å². The van der Waals surface area contributed by atoms with Gasteiger partial charge >= 0.3 is 5.97 Å². The topological polar surface area (TPSA) is 72.5 Å². The van der Waals surface area contributed by atoms with Crippen LogP contribution in [0.5, 0.6) is 0 Å². The Bertz CT molecular complexity index is 1130. The van der Waals surface area contributed by atoms with E-state index in [0.717, 1.165) is 11.1 Å². The van der Waals surface area contributed by atoms with Crippen molar-refractivity contribution in [2.24, 2.45) is 5.92 Å². The Morgan fingerprint density at radius 3 is 2.06 bits per heavy atom. The van der Waals surface area contributed by atoms with Gasteiger partial charge in [-0.25, -0.2) is 0 Å². The lowest BCUT2D eigenvalue weighted by Gasteiger charge is -2.22. The highest BCUT2D eigenvalue weighted by atomic mass is 16.5. The van der Waals surface area contributed by atoms with E-state index in [9.17, 15) is 14.4 Å². The van der Waals surface area contributed by atoms with Gasteiger partial charge in [-0.3, -0.25) is 14.4 Å². The van der Waals surface area contributed by atoms with Crippen LogP contribution in [0.25, 0.3) is 0 Å². The summed E-state index contributed by atoms with van der Waals surface area (Å²) in [7, 11) is 0. The highest BCUT2D eigenvalue weighted by Gasteiger charge is 2.31. The molecule has 180 valence electrons. The molecule has 1 amide bonds. The molecule has 0 heterocycles. The first-order valence-electron chi connectivity index (χ1n) is 12.2. The number of amides is 1. The maximum atomic E-state index is 13.4. The zero-order valence-electron chi connectivity index (χ0n) is 20.0. The molecule has 0 spiro atoms. The van der Waals surface area contributed by atoms with Crippen molar-refractivity contribution in [3.8, 4) is 0 Å². The van der Waals surface area contributed by atoms with Gasteiger partial charge in [-0.1, -0.05) is 84.9 Å². The van der Waals surface area contributed by atoms with Crippen LogP contribution in [-0.2, 0) is 38.6 Å². The van der Waals surface area contributed by atoms with Crippen LogP contribution < -0.4 is 5.32 Å². The third-order valence-electron chi connectivity index (χ3n) is 6.63. The van der Waals surface area contributed by atoms with Crippen LogP contribution in [0.4, 0.5) is 0 Å². The number of hydrogen-bond donors (Lipinski definition) is 1. The minimum atomic E-state index is -0.656. The number of carbonyl (C=O) groups excluding carboxylic acids is 3. The Morgan fingerprint density at radius 2 is 1.43 bits per heavy atom. The summed E-state index contributed by atoms with van der Waals surface area (Å²) < 4.78 is 5.40. The van der Waals surface area contributed by atoms with Crippen molar-refractivity contribution in [2.45, 2.75) is 51.2 Å². The van der Waals surface area contributed by atoms with Gasteiger partial charge in [0.05, 0.1) is 6.04 Å². The van der Waals surface area contributed by atoms with Gasteiger partial charge in [0.15, 0.2) is 5.78 Å². The largest absolute Gasteiger partial charge is 0.461 e. The van der Waals surface area contributed by atoms with E-state index in [0.29, 0.717) is 19.3 Å². The summed E-state index contributed by atoms with van der Waals surface area (Å²) in [4.78, 5) is 38.8. The van der Waals surface area contributed by atoms with Gasteiger partial charge in [-0.15, -0.1) is 0 Å². The lowest BCUT2D eigenvalue weighted by molar-refractivity contribution is -0.145. The molecule has 0 saturated carbocycles. The molecule has 2 atom stereocenters. The molecule has 0 fully saturated rings. The Labute approximate surface area is 206 Å². The molecule has 1 unspecified atom stereocenters. The van der Waals surface area contributed by atoms with Gasteiger partial charge < -0.3 is 10.1 Å². The summed E-state index contributed by atoms with van der Waals surface area (Å²) in [5.41, 5.74) is 4.15. The van der Waals surface area contributed by atoms with E-state index in [1.54, 1.807) is 6.92 Å². The molecule has 3 aromatic carbocycles. The maximum Gasteiger partial charge on any atom is 0.306 e. The highest BCUT2D eigenvalue weighted by Crippen LogP contribution is 2.28. The number of ketones is 1. The van der Waals surface area contributed by atoms with E-state index in [-0.39, 0.29) is 36.6 Å². The van der Waals surface area contributed by atoms with Crippen LogP contribution in [0.1, 0.15) is 47.9 Å². The third kappa shape index (κ3) is 6.44. The number of fused-ring (bicyclic) bond motifs is 1. The van der Waals surface area contributed by atoms with Crippen molar-refractivity contribution in [3.05, 3.63) is 107 Å². The van der Waals surface area contributed by atoms with Crippen LogP contribution in [0, 0.1) is 5.92 Å². The van der Waals surface area contributed by atoms with E-state index < -0.39 is 12.0 Å². The number of esters is 1. The first kappa shape index (κ1) is 24.4. The molecule has 0 bridgehead atoms. The molecule has 0 radical (unpaired) electrons. The van der Waals surface area contributed by atoms with Crippen molar-refractivity contribution in [1.29, 1.82) is 0 Å². The van der Waals surface area contributed by atoms with Crippen LogP contribution in [0.15, 0.2) is 84.9 Å². The van der Waals surface area contributed by atoms with E-state index in [2.05, 4.69) is 17.4 Å². The summed E-state index contributed by atoms with van der Waals surface area (Å²) in [6, 6.07) is 26.4. The lowest BCUT2D eigenvalue weighted by Crippen LogP contribution is -2.44. The molecule has 3 aromatic rings. The number of Topliss-reactive ketones (excluding diaryl/α,β-unsaturated/α-hetero) is 1. The fourth-order valence-electron chi connectivity index (χ4n) is 4.68. The summed E-state index contributed by atoms with van der Waals surface area (Å²) >= 11 is 0. The van der Waals surface area contributed by atoms with Crippen LogP contribution in [0.2, 0.25) is 0 Å². The SMILES string of the molecule is C[C@H](NC(=O)C1Cc2ccccc2C1)C(=O)C(CCC(=O)OCc1ccccc1)c1ccccc1. The molecular formula is C30H31NO4. The highest BCUT2D eigenvalue weighted by molar-refractivity contribution is 5.94. The minimum Gasteiger partial charge on any atom is -0.461 e. The van der Waals surface area contributed by atoms with E-state index in [1.165, 1.54) is 11.1 Å². The standard InChI is InChI=1S/C30H31NO4/c1-21(31-30(34)26-18-24-14-8-9-15-25(24)19-26)29(33)27(23-12-6-3-7-13-23)16-17-28(32)35-20-22-10-4-2-5-11-22/h2-15,21,26-27H,16-20H2,1H3,(H,31,34)/t21-,27?/m0/s1. The Morgan fingerprint density at radius 1 is 0.857 bits per heavy atom. The number of nitrogens with one attached hydrogen (secondary N) is 1. The van der Waals surface area contributed by atoms with E-state index in [4.69, 9.17) is 4.74 Å². The first-order valence-corrected chi connectivity index (χ1v) is 12.2. The average molecular weight is 470 g/mol. The zero-order valence-corrected chi connectivity index (χ0v) is 20.0. The van der Waals surface area contributed by atoms with Crippen LogP contribution >= 0.6 is 0 Å². The second-order valence-electron chi connectivity index (χ2n) is 9.15. The fourth-order valence-corrected chi connectivity index (χ4v) is 4.68. The maximum absolute atomic E-state index is 13.4. The molecule has 0 aromatic heterocycles. The number of carbonyl (C=O) groups is 3. The molecule has 1 aliphatic carbocycles. The molecule has 5 nitrogen and oxygen atoms in total. The molecule has 35 heavy (non-hydrogen) atoms. The lowest BCUT2D eigenvalue weighted by atomic mass is 9.87. The minimum absolute atomic E-state index is 0.101. The Kier molecular flexibility index (Phi) is 8.09. The van der Waals surface area contributed by atoms with E-state index >= 15 is 0 Å². The second kappa shape index (κ2) is 11.6. The van der Waals surface area contributed by atoms with Crippen LogP contribution in [0.3, 0.4) is 0 Å². The molecule has 0 saturated heterocycles. The van der Waals surface area contributed by atoms with Crippen molar-refractivity contribution >= 4 is 17.7 Å². The zero-order chi connectivity index (χ0) is 24.6. The van der Waals surface area contributed by atoms with Gasteiger partial charge in [0.25, 0.3) is 0 Å². The molecular weight excluding hydrogens is 438 g/mol. The van der Waals surface area contributed by atoms with Gasteiger partial charge in [0.1, 0.15) is 6.61 Å². The van der Waals surface area contributed by atoms with Crippen molar-refractivity contribution in [3.63, 3.8) is 0 Å². The predicted octanol–water partition coefficient (Wildman–Crippen LogP) is 4.78. The van der Waals surface area contributed by atoms with Crippen molar-refractivity contribution < 1.29 is 19.1 Å². The fraction of sp³-hybridized carbons (Fsp3) is 0.300. The smallest absolute Gasteiger partial charge is 0.306 e. The predicted molar refractivity (Wildman–Crippen MR) is 135 cm³/mol. The first-order chi connectivity index (χ1) is 17.0. The van der Waals surface area contributed by atoms with Gasteiger partial charge in [0.2, 0.25) is 5.91 Å². The van der Waals surface area contributed by atoms with Gasteiger partial charge in [-0.05, 0) is 48.4 Å². The van der Waals surface area contributed by atoms with E-state index in [1.807, 2.05) is 72.8 Å². The molecule has 4 rings (SSSR count). The summed E-state index contributed by atoms with van der Waals surface area (Å²) in [5, 5.41) is 2.94. The van der Waals surface area contributed by atoms with Gasteiger partial charge in [0, 0.05) is 18.3 Å². The Balaban J connectivity index is 1.35. The average Bonchev–Trinajstić information content (AvgIpc) is 3.33. The molecule has 0 aliphatic heterocycles. The summed E-state index contributed by atoms with van der Waals surface area (Å²) in [6.07, 6.45) is 1.83. The molecule has 1 aliphatic rings. The summed E-state index contributed by atoms with van der Waals surface area (Å²) in [5.74, 6) is -1.21. The number of hydrogen-bond acceptors (Lipinski definition) is 4. The normalized spacial score (nSPS) is 14.5. The number of benzene rings is 3. The monoisotopic (exact) mass is 469 g/mol. The van der Waals surface area contributed by atoms with Gasteiger partial charge in [-0.2, -0.15) is 0 Å². The summed E-state index contributed by atoms with van der Waals surface area (Å²) in [6.45, 7) is 1.94. The molecule has 1 N–H and O–H groups in total. The quantitative estimate of drug-likeness (QED) is 0.434. The molecule has 5 heteroatoms. The number of ether oxygens (including phenoxy) is 1. The number of rotatable bonds is 10. The van der Waals surface area contributed by atoms with Crippen molar-refractivity contribution in [1.82, 2.24) is 5.32 Å². The Hall–Kier alpha value is -3.73. The second-order valence-corrected chi connectivity index (χ2v) is 9.15. The van der Waals surface area contributed by atoms with Crippen LogP contribution in [-0.4, -0.2) is 23.7 Å². The third-order valence-corrected chi connectivity index (χ3v) is 6.63.